The third-order valence-corrected chi connectivity index (χ3v) is 2.84. The minimum atomic E-state index is -0.412. The van der Waals surface area contributed by atoms with E-state index in [9.17, 15) is 4.79 Å². The average Bonchev–Trinajstić information content (AvgIpc) is 2.49. The van der Waals surface area contributed by atoms with E-state index in [1.54, 1.807) is 31.3 Å². The maximum atomic E-state index is 11.9. The predicted molar refractivity (Wildman–Crippen MR) is 80.2 cm³/mol. The number of hydrogen-bond acceptors (Lipinski definition) is 5. The summed E-state index contributed by atoms with van der Waals surface area (Å²) in [5.41, 5.74) is 7.59. The highest BCUT2D eigenvalue weighted by molar-refractivity contribution is 5.93. The van der Waals surface area contributed by atoms with Gasteiger partial charge in [-0.1, -0.05) is 6.07 Å². The Morgan fingerprint density at radius 1 is 1.29 bits per heavy atom. The molecule has 0 saturated carbocycles. The Bertz CT molecular complexity index is 600. The third-order valence-electron chi connectivity index (χ3n) is 2.84. The molecule has 21 heavy (non-hydrogen) atoms. The van der Waals surface area contributed by atoms with Gasteiger partial charge in [0.15, 0.2) is 0 Å². The number of carbonyl (C=O) groups is 1. The Morgan fingerprint density at radius 2 is 2.14 bits per heavy atom. The molecule has 2 rings (SSSR count). The minimum absolute atomic E-state index is 0.316. The summed E-state index contributed by atoms with van der Waals surface area (Å²) in [6, 6.07) is 10.6. The summed E-state index contributed by atoms with van der Waals surface area (Å²) in [5, 5.41) is 0. The predicted octanol–water partition coefficient (Wildman–Crippen LogP) is 2.46. The lowest BCUT2D eigenvalue weighted by atomic mass is 10.2. The van der Waals surface area contributed by atoms with Crippen LogP contribution in [-0.4, -0.2) is 24.2 Å². The molecule has 110 valence electrons. The van der Waals surface area contributed by atoms with Crippen molar-refractivity contribution < 1.29 is 14.3 Å². The first-order chi connectivity index (χ1) is 10.2. The van der Waals surface area contributed by atoms with Crippen molar-refractivity contribution in [1.29, 1.82) is 0 Å². The van der Waals surface area contributed by atoms with Gasteiger partial charge in [0.2, 0.25) is 0 Å². The number of aromatic nitrogens is 1. The molecular weight excluding hydrogens is 268 g/mol. The van der Waals surface area contributed by atoms with Gasteiger partial charge in [0, 0.05) is 30.1 Å². The lowest BCUT2D eigenvalue weighted by Crippen LogP contribution is -2.10. The standard InChI is InChI=1S/C16H18N2O3/c1-2-20-16(19)14-7-6-12(17)11-15(14)21-10-8-13-5-3-4-9-18-13/h3-7,9,11H,2,8,10,17H2,1H3. The smallest absolute Gasteiger partial charge is 0.341 e. The van der Waals surface area contributed by atoms with E-state index in [1.807, 2.05) is 18.2 Å². The molecular formula is C16H18N2O3. The van der Waals surface area contributed by atoms with Crippen molar-refractivity contribution in [2.45, 2.75) is 13.3 Å². The highest BCUT2D eigenvalue weighted by Gasteiger charge is 2.14. The van der Waals surface area contributed by atoms with Crippen LogP contribution >= 0.6 is 0 Å². The van der Waals surface area contributed by atoms with E-state index in [-0.39, 0.29) is 0 Å². The van der Waals surface area contributed by atoms with Crippen molar-refractivity contribution >= 4 is 11.7 Å². The van der Waals surface area contributed by atoms with Crippen LogP contribution in [0.1, 0.15) is 23.0 Å². The van der Waals surface area contributed by atoms with E-state index in [4.69, 9.17) is 15.2 Å². The number of anilines is 1. The van der Waals surface area contributed by atoms with Crippen LogP contribution in [0, 0.1) is 0 Å². The molecule has 0 aliphatic carbocycles. The van der Waals surface area contributed by atoms with Gasteiger partial charge in [0.25, 0.3) is 0 Å². The van der Waals surface area contributed by atoms with E-state index in [1.165, 1.54) is 0 Å². The molecule has 1 heterocycles. The lowest BCUT2D eigenvalue weighted by molar-refractivity contribution is 0.0522. The number of carbonyl (C=O) groups excluding carboxylic acids is 1. The van der Waals surface area contributed by atoms with Crippen molar-refractivity contribution in [2.24, 2.45) is 0 Å². The summed E-state index contributed by atoms with van der Waals surface area (Å²) in [4.78, 5) is 16.1. The van der Waals surface area contributed by atoms with Crippen LogP contribution in [0.4, 0.5) is 5.69 Å². The zero-order valence-corrected chi connectivity index (χ0v) is 11.9. The Labute approximate surface area is 123 Å². The fourth-order valence-corrected chi connectivity index (χ4v) is 1.85. The average molecular weight is 286 g/mol. The number of pyridine rings is 1. The molecule has 0 unspecified atom stereocenters. The van der Waals surface area contributed by atoms with Crippen molar-refractivity contribution in [2.75, 3.05) is 18.9 Å². The molecule has 0 amide bonds. The second kappa shape index (κ2) is 7.28. The van der Waals surface area contributed by atoms with E-state index < -0.39 is 5.97 Å². The fraction of sp³-hybridized carbons (Fsp3) is 0.250. The van der Waals surface area contributed by atoms with Gasteiger partial charge in [-0.25, -0.2) is 4.79 Å². The van der Waals surface area contributed by atoms with E-state index in [0.29, 0.717) is 36.6 Å². The van der Waals surface area contributed by atoms with Gasteiger partial charge < -0.3 is 15.2 Å². The zero-order valence-electron chi connectivity index (χ0n) is 11.9. The van der Waals surface area contributed by atoms with Gasteiger partial charge in [-0.3, -0.25) is 4.98 Å². The molecule has 1 aromatic heterocycles. The summed E-state index contributed by atoms with van der Waals surface area (Å²) in [7, 11) is 0. The normalized spacial score (nSPS) is 10.1. The van der Waals surface area contributed by atoms with Crippen LogP contribution < -0.4 is 10.5 Å². The van der Waals surface area contributed by atoms with Crippen LogP contribution in [0.2, 0.25) is 0 Å². The molecule has 0 atom stereocenters. The Morgan fingerprint density at radius 3 is 2.86 bits per heavy atom. The van der Waals surface area contributed by atoms with Gasteiger partial charge in [-0.2, -0.15) is 0 Å². The van der Waals surface area contributed by atoms with Gasteiger partial charge in [0.05, 0.1) is 13.2 Å². The number of nitrogens with zero attached hydrogens (tertiary/aromatic N) is 1. The molecule has 0 aliphatic heterocycles. The molecule has 0 spiro atoms. The van der Waals surface area contributed by atoms with Gasteiger partial charge in [0.1, 0.15) is 11.3 Å². The fourth-order valence-electron chi connectivity index (χ4n) is 1.85. The highest BCUT2D eigenvalue weighted by atomic mass is 16.5. The van der Waals surface area contributed by atoms with Crippen LogP contribution in [0.3, 0.4) is 0 Å². The molecule has 0 radical (unpaired) electrons. The summed E-state index contributed by atoms with van der Waals surface area (Å²) in [5.74, 6) is 0.0229. The minimum Gasteiger partial charge on any atom is -0.492 e. The molecule has 2 N–H and O–H groups in total. The van der Waals surface area contributed by atoms with Gasteiger partial charge >= 0.3 is 5.97 Å². The molecule has 0 bridgehead atoms. The SMILES string of the molecule is CCOC(=O)c1ccc(N)cc1OCCc1ccccn1. The second-order valence-corrected chi connectivity index (χ2v) is 4.40. The zero-order chi connectivity index (χ0) is 15.1. The van der Waals surface area contributed by atoms with Gasteiger partial charge in [-0.05, 0) is 31.2 Å². The Hall–Kier alpha value is -2.56. The number of nitrogens with two attached hydrogens (primary N) is 1. The van der Waals surface area contributed by atoms with E-state index in [2.05, 4.69) is 4.98 Å². The summed E-state index contributed by atoms with van der Waals surface area (Å²) in [6.07, 6.45) is 2.39. The largest absolute Gasteiger partial charge is 0.492 e. The highest BCUT2D eigenvalue weighted by Crippen LogP contribution is 2.23. The third kappa shape index (κ3) is 4.21. The Balaban J connectivity index is 2.04. The van der Waals surface area contributed by atoms with Crippen LogP contribution in [0.25, 0.3) is 0 Å². The van der Waals surface area contributed by atoms with Crippen LogP contribution in [-0.2, 0) is 11.2 Å². The quantitative estimate of drug-likeness (QED) is 0.652. The first-order valence-corrected chi connectivity index (χ1v) is 6.80. The van der Waals surface area contributed by atoms with Crippen LogP contribution in [0.5, 0.6) is 5.75 Å². The first kappa shape index (κ1) is 14.8. The second-order valence-electron chi connectivity index (χ2n) is 4.40. The number of benzene rings is 1. The lowest BCUT2D eigenvalue weighted by Gasteiger charge is -2.11. The molecule has 5 nitrogen and oxygen atoms in total. The number of rotatable bonds is 6. The maximum absolute atomic E-state index is 11.9. The van der Waals surface area contributed by atoms with Crippen molar-refractivity contribution in [3.63, 3.8) is 0 Å². The molecule has 2 aromatic rings. The summed E-state index contributed by atoms with van der Waals surface area (Å²) < 4.78 is 10.7. The number of hydrogen-bond donors (Lipinski definition) is 1. The first-order valence-electron chi connectivity index (χ1n) is 6.80. The number of ether oxygens (including phenoxy) is 2. The van der Waals surface area contributed by atoms with Gasteiger partial charge in [-0.15, -0.1) is 0 Å². The molecule has 0 aliphatic rings. The van der Waals surface area contributed by atoms with Crippen molar-refractivity contribution in [3.05, 3.63) is 53.9 Å². The Kier molecular flexibility index (Phi) is 5.15. The van der Waals surface area contributed by atoms with Crippen LogP contribution in [0.15, 0.2) is 42.6 Å². The monoisotopic (exact) mass is 286 g/mol. The van der Waals surface area contributed by atoms with E-state index in [0.717, 1.165) is 5.69 Å². The number of nitrogen functional groups attached to an aromatic ring is 1. The van der Waals surface area contributed by atoms with Crippen molar-refractivity contribution in [3.8, 4) is 5.75 Å². The summed E-state index contributed by atoms with van der Waals surface area (Å²) >= 11 is 0. The molecule has 1 aromatic carbocycles. The van der Waals surface area contributed by atoms with Crippen molar-refractivity contribution in [1.82, 2.24) is 4.98 Å². The molecule has 5 heteroatoms. The van der Waals surface area contributed by atoms with E-state index >= 15 is 0 Å². The number of esters is 1. The molecule has 0 saturated heterocycles. The maximum Gasteiger partial charge on any atom is 0.341 e. The topological polar surface area (TPSA) is 74.4 Å². The summed E-state index contributed by atoms with van der Waals surface area (Å²) in [6.45, 7) is 2.49. The molecule has 0 fully saturated rings.